The lowest BCUT2D eigenvalue weighted by atomic mass is 9.41. The van der Waals surface area contributed by atoms with Crippen molar-refractivity contribution in [2.75, 3.05) is 6.61 Å². The molecular formula is C26H46O3. The van der Waals surface area contributed by atoms with E-state index < -0.39 is 0 Å². The van der Waals surface area contributed by atoms with Crippen LogP contribution in [0.15, 0.2) is 0 Å². The second-order valence-electron chi connectivity index (χ2n) is 12.0. The van der Waals surface area contributed by atoms with E-state index in [1.165, 1.54) is 25.7 Å². The van der Waals surface area contributed by atoms with Gasteiger partial charge in [0, 0.05) is 6.61 Å². The largest absolute Gasteiger partial charge is 0.396 e. The minimum Gasteiger partial charge on any atom is -0.396 e. The van der Waals surface area contributed by atoms with Gasteiger partial charge >= 0.3 is 0 Å². The molecule has 11 atom stereocenters. The minimum atomic E-state index is -0.190. The summed E-state index contributed by atoms with van der Waals surface area (Å²) < 4.78 is 0. The van der Waals surface area contributed by atoms with Crippen molar-refractivity contribution in [1.29, 1.82) is 0 Å². The summed E-state index contributed by atoms with van der Waals surface area (Å²) in [5, 5.41) is 31.4. The topological polar surface area (TPSA) is 60.7 Å². The summed E-state index contributed by atoms with van der Waals surface area (Å²) in [6, 6.07) is 0. The molecule has 3 heteroatoms. The Kier molecular flexibility index (Phi) is 6.17. The van der Waals surface area contributed by atoms with Crippen molar-refractivity contribution < 1.29 is 15.3 Å². The van der Waals surface area contributed by atoms with E-state index in [2.05, 4.69) is 27.7 Å². The number of hydrogen-bond donors (Lipinski definition) is 3. The van der Waals surface area contributed by atoms with E-state index in [9.17, 15) is 15.3 Å². The molecule has 4 aliphatic carbocycles. The Bertz CT molecular complexity index is 578. The molecule has 0 amide bonds. The van der Waals surface area contributed by atoms with Crippen LogP contribution in [-0.2, 0) is 0 Å². The van der Waals surface area contributed by atoms with Crippen molar-refractivity contribution in [2.45, 2.75) is 104 Å². The zero-order valence-corrected chi connectivity index (χ0v) is 19.3. The molecule has 1 unspecified atom stereocenters. The predicted molar refractivity (Wildman–Crippen MR) is 117 cm³/mol. The summed E-state index contributed by atoms with van der Waals surface area (Å²) in [6.45, 7) is 10.0. The van der Waals surface area contributed by atoms with Gasteiger partial charge < -0.3 is 15.3 Å². The molecule has 0 aliphatic heterocycles. The third-order valence-electron chi connectivity index (χ3n) is 11.0. The van der Waals surface area contributed by atoms with Gasteiger partial charge in [0.25, 0.3) is 0 Å². The molecule has 0 aromatic heterocycles. The maximum atomic E-state index is 11.7. The van der Waals surface area contributed by atoms with Crippen molar-refractivity contribution in [2.24, 2.45) is 52.3 Å². The second-order valence-corrected chi connectivity index (χ2v) is 12.0. The van der Waals surface area contributed by atoms with Crippen molar-refractivity contribution in [3.05, 3.63) is 0 Å². The van der Waals surface area contributed by atoms with Crippen LogP contribution in [0.5, 0.6) is 0 Å². The molecule has 4 aliphatic rings. The zero-order chi connectivity index (χ0) is 21.0. The Morgan fingerprint density at radius 3 is 2.31 bits per heavy atom. The van der Waals surface area contributed by atoms with E-state index in [0.717, 1.165) is 44.4 Å². The first-order valence-corrected chi connectivity index (χ1v) is 12.7. The van der Waals surface area contributed by atoms with E-state index in [1.54, 1.807) is 0 Å². The minimum absolute atomic E-state index is 0.164. The van der Waals surface area contributed by atoms with Gasteiger partial charge in [0.1, 0.15) is 0 Å². The van der Waals surface area contributed by atoms with Gasteiger partial charge in [0.05, 0.1) is 12.2 Å². The third kappa shape index (κ3) is 3.33. The number of fused-ring (bicyclic) bond motifs is 5. The molecule has 0 saturated heterocycles. The quantitative estimate of drug-likeness (QED) is 0.601. The van der Waals surface area contributed by atoms with E-state index in [0.29, 0.717) is 52.9 Å². The molecule has 0 bridgehead atoms. The predicted octanol–water partition coefficient (Wildman–Crippen LogP) is 5.02. The Morgan fingerprint density at radius 2 is 1.62 bits per heavy atom. The maximum absolute atomic E-state index is 11.7. The summed E-state index contributed by atoms with van der Waals surface area (Å²) in [5.74, 6) is 3.97. The Labute approximate surface area is 178 Å². The van der Waals surface area contributed by atoms with Crippen LogP contribution >= 0.6 is 0 Å². The third-order valence-corrected chi connectivity index (χ3v) is 11.0. The van der Waals surface area contributed by atoms with Gasteiger partial charge in [-0.15, -0.1) is 0 Å². The first kappa shape index (κ1) is 22.1. The van der Waals surface area contributed by atoms with E-state index in [-0.39, 0.29) is 12.2 Å². The molecule has 3 nitrogen and oxygen atoms in total. The highest BCUT2D eigenvalue weighted by Crippen LogP contribution is 2.69. The summed E-state index contributed by atoms with van der Waals surface area (Å²) in [7, 11) is 0. The van der Waals surface area contributed by atoms with Gasteiger partial charge in [0.2, 0.25) is 0 Å². The van der Waals surface area contributed by atoms with Crippen molar-refractivity contribution in [3.63, 3.8) is 0 Å². The summed E-state index contributed by atoms with van der Waals surface area (Å²) in [4.78, 5) is 0. The van der Waals surface area contributed by atoms with E-state index in [4.69, 9.17) is 0 Å². The summed E-state index contributed by atoms with van der Waals surface area (Å²) in [5.41, 5.74) is 0.651. The zero-order valence-electron chi connectivity index (χ0n) is 19.3. The van der Waals surface area contributed by atoms with Crippen LogP contribution in [0, 0.1) is 52.3 Å². The smallest absolute Gasteiger partial charge is 0.0605 e. The average molecular weight is 407 g/mol. The van der Waals surface area contributed by atoms with Crippen LogP contribution in [0.2, 0.25) is 0 Å². The number of rotatable bonds is 5. The number of aliphatic hydroxyl groups excluding tert-OH is 3. The van der Waals surface area contributed by atoms with Gasteiger partial charge in [0.15, 0.2) is 0 Å². The fourth-order valence-electron chi connectivity index (χ4n) is 9.55. The molecular weight excluding hydrogens is 360 g/mol. The molecule has 3 N–H and O–H groups in total. The molecule has 0 aromatic carbocycles. The Morgan fingerprint density at radius 1 is 0.931 bits per heavy atom. The lowest BCUT2D eigenvalue weighted by Gasteiger charge is -2.64. The van der Waals surface area contributed by atoms with Crippen LogP contribution in [-0.4, -0.2) is 34.1 Å². The molecule has 4 fully saturated rings. The van der Waals surface area contributed by atoms with Gasteiger partial charge in [-0.1, -0.05) is 34.1 Å². The SMILES string of the molecule is CC[C@@H]1C2C[C@H](O)CC[C@]2(C)[C@H]2CC[C@]3(C)[C@@H]([C@H](C)CCCO)CC[C@H]3[C@@H]2[C@@H]1O. The Balaban J connectivity index is 1.63. The van der Waals surface area contributed by atoms with Crippen LogP contribution in [0.4, 0.5) is 0 Å². The molecule has 4 saturated carbocycles. The van der Waals surface area contributed by atoms with E-state index in [1.807, 2.05) is 0 Å². The highest BCUT2D eigenvalue weighted by Gasteiger charge is 2.64. The average Bonchev–Trinajstić information content (AvgIpc) is 3.05. The molecule has 0 spiro atoms. The van der Waals surface area contributed by atoms with Crippen LogP contribution in [0.1, 0.15) is 91.9 Å². The highest BCUT2D eigenvalue weighted by atomic mass is 16.3. The second kappa shape index (κ2) is 8.10. The first-order chi connectivity index (χ1) is 13.8. The highest BCUT2D eigenvalue weighted by molar-refractivity contribution is 5.13. The number of hydrogen-bond acceptors (Lipinski definition) is 3. The van der Waals surface area contributed by atoms with Gasteiger partial charge in [-0.05, 0) is 110 Å². The first-order valence-electron chi connectivity index (χ1n) is 12.7. The normalized spacial score (nSPS) is 53.1. The van der Waals surface area contributed by atoms with Crippen LogP contribution in [0.25, 0.3) is 0 Å². The van der Waals surface area contributed by atoms with Gasteiger partial charge in [-0.25, -0.2) is 0 Å². The van der Waals surface area contributed by atoms with Gasteiger partial charge in [-0.3, -0.25) is 0 Å². The van der Waals surface area contributed by atoms with Gasteiger partial charge in [-0.2, -0.15) is 0 Å². The summed E-state index contributed by atoms with van der Waals surface area (Å²) >= 11 is 0. The fourth-order valence-corrected chi connectivity index (χ4v) is 9.55. The lowest BCUT2D eigenvalue weighted by Crippen LogP contribution is -2.62. The van der Waals surface area contributed by atoms with Crippen LogP contribution < -0.4 is 0 Å². The molecule has 0 aromatic rings. The molecule has 0 heterocycles. The van der Waals surface area contributed by atoms with Crippen LogP contribution in [0.3, 0.4) is 0 Å². The summed E-state index contributed by atoms with van der Waals surface area (Å²) in [6.07, 6.45) is 10.9. The van der Waals surface area contributed by atoms with E-state index >= 15 is 0 Å². The number of aliphatic hydroxyl groups is 3. The molecule has 29 heavy (non-hydrogen) atoms. The monoisotopic (exact) mass is 406 g/mol. The molecule has 168 valence electrons. The molecule has 4 rings (SSSR count). The lowest BCUT2D eigenvalue weighted by molar-refractivity contribution is -0.203. The van der Waals surface area contributed by atoms with Crippen molar-refractivity contribution >= 4 is 0 Å². The Hall–Kier alpha value is -0.120. The maximum Gasteiger partial charge on any atom is 0.0605 e. The van der Waals surface area contributed by atoms with Crippen molar-refractivity contribution in [1.82, 2.24) is 0 Å². The van der Waals surface area contributed by atoms with Crippen molar-refractivity contribution in [3.8, 4) is 0 Å². The molecule has 0 radical (unpaired) electrons. The standard InChI is InChI=1S/C26H46O3/c1-5-18-22-15-17(28)10-12-26(22,4)21-11-13-25(3)19(16(2)7-6-14-27)8-9-20(25)23(21)24(18)29/h16-24,27-29H,5-15H2,1-4H3/t16-,17-,18-,19-,20+,21+,22?,23+,24-,25-,26-/m1/s1. The fraction of sp³-hybridized carbons (Fsp3) is 1.00.